The normalized spacial score (nSPS) is 13.0. The van der Waals surface area contributed by atoms with E-state index in [9.17, 15) is 4.79 Å². The fourth-order valence-electron chi connectivity index (χ4n) is 3.16. The fraction of sp³-hybridized carbons (Fsp3) is 0.143. The minimum absolute atomic E-state index is 0.0812. The van der Waals surface area contributed by atoms with Crippen LogP contribution in [0.1, 0.15) is 26.8 Å². The van der Waals surface area contributed by atoms with Gasteiger partial charge in [0.05, 0.1) is 17.2 Å². The summed E-state index contributed by atoms with van der Waals surface area (Å²) in [5.41, 5.74) is 8.91. The highest BCUT2D eigenvalue weighted by atomic mass is 32.2. The van der Waals surface area contributed by atoms with Crippen LogP contribution in [0.2, 0.25) is 0 Å². The number of benzene rings is 2. The van der Waals surface area contributed by atoms with Crippen LogP contribution in [0.5, 0.6) is 0 Å². The van der Waals surface area contributed by atoms with Crippen LogP contribution in [-0.4, -0.2) is 17.9 Å². The molecule has 1 aliphatic carbocycles. The van der Waals surface area contributed by atoms with Crippen molar-refractivity contribution in [1.82, 2.24) is 5.43 Å². The van der Waals surface area contributed by atoms with Gasteiger partial charge in [-0.3, -0.25) is 4.79 Å². The standard InChI is InChI=1S/C21H18N2OS2/c1-14-10-11-25-19(14)12-22-23-20(24)13-26-21-17-8-4-2-6-15(17)16-7-3-5-9-18(16)21/h2-12,21H,13H2,1H3,(H,23,24). The zero-order valence-corrected chi connectivity index (χ0v) is 15.9. The van der Waals surface area contributed by atoms with E-state index in [4.69, 9.17) is 0 Å². The number of thioether (sulfide) groups is 1. The SMILES string of the molecule is Cc1ccsc1C=NNC(=O)CSC1c2ccccc2-c2ccccc21. The van der Waals surface area contributed by atoms with Crippen molar-refractivity contribution < 1.29 is 4.79 Å². The number of carbonyl (C=O) groups excluding carboxylic acids is 1. The van der Waals surface area contributed by atoms with Gasteiger partial charge in [0.1, 0.15) is 0 Å². The van der Waals surface area contributed by atoms with Gasteiger partial charge in [-0.05, 0) is 46.2 Å². The van der Waals surface area contributed by atoms with Gasteiger partial charge >= 0.3 is 0 Å². The maximum atomic E-state index is 12.2. The number of nitrogens with zero attached hydrogens (tertiary/aromatic N) is 1. The van der Waals surface area contributed by atoms with E-state index in [1.807, 2.05) is 18.4 Å². The van der Waals surface area contributed by atoms with Crippen LogP contribution in [0.15, 0.2) is 65.1 Å². The van der Waals surface area contributed by atoms with Crippen molar-refractivity contribution in [3.63, 3.8) is 0 Å². The van der Waals surface area contributed by atoms with Crippen molar-refractivity contribution in [2.24, 2.45) is 5.10 Å². The molecule has 0 saturated heterocycles. The molecule has 1 amide bonds. The Labute approximate surface area is 161 Å². The average Bonchev–Trinajstić information content (AvgIpc) is 3.21. The van der Waals surface area contributed by atoms with Gasteiger partial charge in [-0.15, -0.1) is 23.1 Å². The first-order valence-corrected chi connectivity index (χ1v) is 10.3. The molecule has 0 aliphatic heterocycles. The number of thiophene rings is 1. The number of amides is 1. The quantitative estimate of drug-likeness (QED) is 0.501. The average molecular weight is 379 g/mol. The lowest BCUT2D eigenvalue weighted by Crippen LogP contribution is -2.20. The molecule has 1 N–H and O–H groups in total. The van der Waals surface area contributed by atoms with E-state index in [-0.39, 0.29) is 11.2 Å². The van der Waals surface area contributed by atoms with Crippen LogP contribution in [0, 0.1) is 6.92 Å². The monoisotopic (exact) mass is 378 g/mol. The van der Waals surface area contributed by atoms with E-state index in [0.29, 0.717) is 5.75 Å². The van der Waals surface area contributed by atoms with Crippen molar-refractivity contribution in [1.29, 1.82) is 0 Å². The van der Waals surface area contributed by atoms with Crippen molar-refractivity contribution in [3.05, 3.63) is 81.5 Å². The van der Waals surface area contributed by atoms with Crippen LogP contribution >= 0.6 is 23.1 Å². The van der Waals surface area contributed by atoms with Gasteiger partial charge < -0.3 is 0 Å². The Kier molecular flexibility index (Phi) is 4.91. The van der Waals surface area contributed by atoms with Crippen LogP contribution in [0.4, 0.5) is 0 Å². The number of fused-ring (bicyclic) bond motifs is 3. The summed E-state index contributed by atoms with van der Waals surface area (Å²) < 4.78 is 0. The van der Waals surface area contributed by atoms with Crippen molar-refractivity contribution in [2.75, 3.05) is 5.75 Å². The molecule has 1 heterocycles. The van der Waals surface area contributed by atoms with Crippen LogP contribution in [0.25, 0.3) is 11.1 Å². The van der Waals surface area contributed by atoms with E-state index in [2.05, 4.69) is 59.1 Å². The minimum Gasteiger partial charge on any atom is -0.272 e. The molecule has 0 spiro atoms. The number of nitrogens with one attached hydrogen (secondary N) is 1. The summed E-state index contributed by atoms with van der Waals surface area (Å²) >= 11 is 3.26. The lowest BCUT2D eigenvalue weighted by molar-refractivity contribution is -0.118. The van der Waals surface area contributed by atoms with Gasteiger partial charge in [0.2, 0.25) is 5.91 Å². The molecule has 2 aromatic carbocycles. The van der Waals surface area contributed by atoms with Crippen molar-refractivity contribution in [2.45, 2.75) is 12.2 Å². The molecule has 0 bridgehead atoms. The Morgan fingerprint density at radius 1 is 1.12 bits per heavy atom. The van der Waals surface area contributed by atoms with Crippen LogP contribution in [-0.2, 0) is 4.79 Å². The molecule has 0 fully saturated rings. The molecular formula is C21H18N2OS2. The Bertz CT molecular complexity index is 932. The molecular weight excluding hydrogens is 360 g/mol. The molecule has 0 unspecified atom stereocenters. The number of carbonyl (C=O) groups is 1. The molecule has 130 valence electrons. The predicted molar refractivity (Wildman–Crippen MR) is 111 cm³/mol. The topological polar surface area (TPSA) is 41.5 Å². The molecule has 0 saturated carbocycles. The number of aryl methyl sites for hydroxylation is 1. The number of hydrogen-bond acceptors (Lipinski definition) is 4. The highest BCUT2D eigenvalue weighted by molar-refractivity contribution is 8.00. The second kappa shape index (κ2) is 7.48. The third kappa shape index (κ3) is 3.32. The summed E-state index contributed by atoms with van der Waals surface area (Å²) in [6.45, 7) is 2.03. The Morgan fingerprint density at radius 3 is 2.38 bits per heavy atom. The summed E-state index contributed by atoms with van der Waals surface area (Å²) in [6, 6.07) is 18.9. The molecule has 3 nitrogen and oxygen atoms in total. The van der Waals surface area contributed by atoms with Crippen molar-refractivity contribution in [3.8, 4) is 11.1 Å². The van der Waals surface area contributed by atoms with E-state index in [1.54, 1.807) is 29.3 Å². The van der Waals surface area contributed by atoms with Gasteiger partial charge in [-0.25, -0.2) is 5.43 Å². The Hall–Kier alpha value is -2.37. The third-order valence-electron chi connectivity index (χ3n) is 4.43. The van der Waals surface area contributed by atoms with Gasteiger partial charge in [-0.2, -0.15) is 5.10 Å². The van der Waals surface area contributed by atoms with Crippen LogP contribution in [0.3, 0.4) is 0 Å². The maximum Gasteiger partial charge on any atom is 0.250 e. The number of hydrazone groups is 1. The summed E-state index contributed by atoms with van der Waals surface area (Å²) in [6.07, 6.45) is 1.71. The molecule has 4 rings (SSSR count). The first kappa shape index (κ1) is 17.1. The zero-order chi connectivity index (χ0) is 17.9. The largest absolute Gasteiger partial charge is 0.272 e. The Balaban J connectivity index is 1.42. The van der Waals surface area contributed by atoms with E-state index in [0.717, 1.165) is 4.88 Å². The molecule has 3 aromatic rings. The highest BCUT2D eigenvalue weighted by Gasteiger charge is 2.28. The van der Waals surface area contributed by atoms with Gasteiger partial charge in [-0.1, -0.05) is 48.5 Å². The van der Waals surface area contributed by atoms with Gasteiger partial charge in [0, 0.05) is 4.88 Å². The van der Waals surface area contributed by atoms with E-state index < -0.39 is 0 Å². The minimum atomic E-state index is -0.0812. The smallest absolute Gasteiger partial charge is 0.250 e. The maximum absolute atomic E-state index is 12.2. The molecule has 0 atom stereocenters. The summed E-state index contributed by atoms with van der Waals surface area (Å²) in [5, 5.41) is 6.29. The van der Waals surface area contributed by atoms with Crippen LogP contribution < -0.4 is 5.43 Å². The second-order valence-electron chi connectivity index (χ2n) is 6.13. The molecule has 1 aliphatic rings. The molecule has 26 heavy (non-hydrogen) atoms. The lowest BCUT2D eigenvalue weighted by atomic mass is 10.1. The fourth-order valence-corrected chi connectivity index (χ4v) is 5.10. The highest BCUT2D eigenvalue weighted by Crippen LogP contribution is 2.49. The lowest BCUT2D eigenvalue weighted by Gasteiger charge is -2.12. The Morgan fingerprint density at radius 2 is 1.77 bits per heavy atom. The summed E-state index contributed by atoms with van der Waals surface area (Å²) in [5.74, 6) is 0.288. The number of hydrogen-bond donors (Lipinski definition) is 1. The van der Waals surface area contributed by atoms with Gasteiger partial charge in [0.25, 0.3) is 0 Å². The third-order valence-corrected chi connectivity index (χ3v) is 6.65. The first-order valence-electron chi connectivity index (χ1n) is 8.40. The second-order valence-corrected chi connectivity index (χ2v) is 8.17. The summed E-state index contributed by atoms with van der Waals surface area (Å²) in [7, 11) is 0. The molecule has 5 heteroatoms. The number of rotatable bonds is 5. The van der Waals surface area contributed by atoms with E-state index >= 15 is 0 Å². The predicted octanol–water partition coefficient (Wildman–Crippen LogP) is 5.01. The molecule has 0 radical (unpaired) electrons. The van der Waals surface area contributed by atoms with Crippen molar-refractivity contribution >= 4 is 35.2 Å². The summed E-state index contributed by atoms with van der Waals surface area (Å²) in [4.78, 5) is 13.3. The first-order chi connectivity index (χ1) is 12.7. The molecule has 1 aromatic heterocycles. The van der Waals surface area contributed by atoms with Gasteiger partial charge in [0.15, 0.2) is 0 Å². The zero-order valence-electron chi connectivity index (χ0n) is 14.3. The van der Waals surface area contributed by atoms with E-state index in [1.165, 1.54) is 27.8 Å².